The Bertz CT molecular complexity index is 234. The van der Waals surface area contributed by atoms with Crippen LogP contribution in [0.15, 0.2) is 34.9 Å². The van der Waals surface area contributed by atoms with Crippen LogP contribution >= 0.6 is 49.6 Å². The van der Waals surface area contributed by atoms with E-state index < -0.39 is 0 Å². The molecule has 0 saturated heterocycles. The lowest BCUT2D eigenvalue weighted by molar-refractivity contribution is 1.09. The third kappa shape index (κ3) is 52.0. The Morgan fingerprint density at radius 2 is 0.273 bits per heavy atom. The van der Waals surface area contributed by atoms with Gasteiger partial charge >= 0.3 is 0 Å². The molecule has 0 atom stereocenters. The van der Waals surface area contributed by atoms with Gasteiger partial charge in [0.25, 0.3) is 0 Å². The maximum Gasteiger partial charge on any atom is 0.134 e. The van der Waals surface area contributed by atoms with Crippen molar-refractivity contribution in [2.45, 2.75) is 0 Å². The Hall–Kier alpha value is -2.02. The third-order valence-electron chi connectivity index (χ3n) is 1.00. The minimum atomic E-state index is -0.0185. The van der Waals surface area contributed by atoms with Crippen LogP contribution < -0.4 is 68.8 Å². The average molecular weight is 410 g/mol. The summed E-state index contributed by atoms with van der Waals surface area (Å²) in [6, 6.07) is 0. The normalized spacial score (nSPS) is 6.00. The quantitative estimate of drug-likeness (QED) is 0.180. The zero-order valence-electron chi connectivity index (χ0n) is 11.6. The highest BCUT2D eigenvalue weighted by atomic mass is 35.5. The van der Waals surface area contributed by atoms with E-state index in [4.69, 9.17) is 68.8 Å². The number of hydrogen-bond acceptors (Lipinski definition) is 12. The van der Waals surface area contributed by atoms with Gasteiger partial charge in [0, 0.05) is 0 Å². The van der Waals surface area contributed by atoms with Gasteiger partial charge in [0.05, 0.1) is 0 Å². The van der Waals surface area contributed by atoms with E-state index in [2.05, 4.69) is 0 Å². The van der Waals surface area contributed by atoms with Crippen LogP contribution in [0.2, 0.25) is 0 Å². The van der Waals surface area contributed by atoms with Gasteiger partial charge < -0.3 is 68.8 Å². The van der Waals surface area contributed by atoms with Gasteiger partial charge in [-0.05, 0) is 0 Å². The fourth-order valence-electron chi connectivity index (χ4n) is 0. The van der Waals surface area contributed by atoms with Crippen molar-refractivity contribution >= 4 is 49.6 Å². The SMILES string of the molecule is Cl.Cl.Cl.Cl.NC(N)=C(N)N.NC(N)=C(N)N.NC(N)=C(N)N. The van der Waals surface area contributed by atoms with E-state index >= 15 is 0 Å². The van der Waals surface area contributed by atoms with E-state index in [0.717, 1.165) is 0 Å². The summed E-state index contributed by atoms with van der Waals surface area (Å²) in [4.78, 5) is 0. The zero-order valence-corrected chi connectivity index (χ0v) is 14.8. The molecule has 0 aliphatic carbocycles. The highest BCUT2D eigenvalue weighted by molar-refractivity contribution is 5.86. The first-order chi connectivity index (χ1) is 7.93. The lowest BCUT2D eigenvalue weighted by Crippen LogP contribution is -2.22. The molecule has 0 heterocycles. The summed E-state index contributed by atoms with van der Waals surface area (Å²) in [5.41, 5.74) is 58.1. The smallest absolute Gasteiger partial charge is 0.134 e. The molecule has 0 aromatic rings. The van der Waals surface area contributed by atoms with Gasteiger partial charge in [0.2, 0.25) is 0 Å². The molecule has 0 aromatic heterocycles. The molecule has 0 bridgehead atoms. The molecular formula is C6H28Cl4N12. The van der Waals surface area contributed by atoms with Gasteiger partial charge in [-0.1, -0.05) is 0 Å². The largest absolute Gasteiger partial charge is 0.383 e. The summed E-state index contributed by atoms with van der Waals surface area (Å²) in [6.45, 7) is 0. The fourth-order valence-corrected chi connectivity index (χ4v) is 0. The number of rotatable bonds is 0. The van der Waals surface area contributed by atoms with Crippen LogP contribution in [0, 0.1) is 0 Å². The van der Waals surface area contributed by atoms with Crippen molar-refractivity contribution in [1.29, 1.82) is 0 Å². The number of hydrogen-bond donors (Lipinski definition) is 12. The first kappa shape index (κ1) is 42.7. The van der Waals surface area contributed by atoms with E-state index in [0.29, 0.717) is 0 Å². The van der Waals surface area contributed by atoms with Crippen LogP contribution in [-0.2, 0) is 0 Å². The van der Waals surface area contributed by atoms with Crippen molar-refractivity contribution in [3.63, 3.8) is 0 Å². The highest BCUT2D eigenvalue weighted by Gasteiger charge is 1.78. The summed E-state index contributed by atoms with van der Waals surface area (Å²) >= 11 is 0. The predicted octanol–water partition coefficient (Wildman–Crippen LogP) is -4.47. The zero-order chi connectivity index (χ0) is 15.5. The molecule has 0 aliphatic heterocycles. The Morgan fingerprint density at radius 1 is 0.227 bits per heavy atom. The van der Waals surface area contributed by atoms with Gasteiger partial charge in [-0.2, -0.15) is 0 Å². The molecule has 0 aliphatic rings. The van der Waals surface area contributed by atoms with Crippen LogP contribution in [0.5, 0.6) is 0 Å². The molecule has 0 unspecified atom stereocenters. The van der Waals surface area contributed by atoms with Crippen LogP contribution in [0.3, 0.4) is 0 Å². The summed E-state index contributed by atoms with van der Waals surface area (Å²) in [6.07, 6.45) is 0. The Morgan fingerprint density at radius 3 is 0.273 bits per heavy atom. The molecule has 24 N–H and O–H groups in total. The summed E-state index contributed by atoms with van der Waals surface area (Å²) in [5.74, 6) is -0.111. The van der Waals surface area contributed by atoms with Crippen LogP contribution in [-0.4, -0.2) is 0 Å². The Labute approximate surface area is 153 Å². The molecule has 0 amide bonds. The lowest BCUT2D eigenvalue weighted by atomic mass is 10.7. The van der Waals surface area contributed by atoms with Gasteiger partial charge in [0.1, 0.15) is 34.9 Å². The predicted molar refractivity (Wildman–Crippen MR) is 100 cm³/mol. The lowest BCUT2D eigenvalue weighted by Gasteiger charge is -1.89. The minimum Gasteiger partial charge on any atom is -0.383 e. The molecule has 0 spiro atoms. The first-order valence-electron chi connectivity index (χ1n) is 4.21. The molecule has 16 heteroatoms. The topological polar surface area (TPSA) is 312 Å². The second kappa shape index (κ2) is 24.0. The van der Waals surface area contributed by atoms with Gasteiger partial charge in [-0.15, -0.1) is 49.6 Å². The summed E-state index contributed by atoms with van der Waals surface area (Å²) in [5, 5.41) is 0. The molecule has 12 nitrogen and oxygen atoms in total. The van der Waals surface area contributed by atoms with Crippen molar-refractivity contribution in [2.24, 2.45) is 68.8 Å². The third-order valence-corrected chi connectivity index (χ3v) is 1.00. The van der Waals surface area contributed by atoms with E-state index in [-0.39, 0.29) is 84.6 Å². The second-order valence-electron chi connectivity index (χ2n) is 2.73. The maximum absolute atomic E-state index is 4.84. The standard InChI is InChI=1S/3C2H8N4.4ClH/c3*3-1(4)2(5)6;;;;/h3*3-6H2;4*1H. The van der Waals surface area contributed by atoms with Crippen molar-refractivity contribution in [3.05, 3.63) is 34.9 Å². The summed E-state index contributed by atoms with van der Waals surface area (Å²) in [7, 11) is 0. The maximum atomic E-state index is 4.84. The molecule has 0 fully saturated rings. The van der Waals surface area contributed by atoms with Crippen LogP contribution in [0.4, 0.5) is 0 Å². The van der Waals surface area contributed by atoms with E-state index in [1.165, 1.54) is 0 Å². The molecular weight excluding hydrogens is 382 g/mol. The van der Waals surface area contributed by atoms with Gasteiger partial charge in [-0.25, -0.2) is 0 Å². The monoisotopic (exact) mass is 408 g/mol. The average Bonchev–Trinajstić information content (AvgIpc) is 2.18. The van der Waals surface area contributed by atoms with Gasteiger partial charge in [-0.3, -0.25) is 0 Å². The van der Waals surface area contributed by atoms with Crippen LogP contribution in [0.1, 0.15) is 0 Å². The molecule has 0 saturated carbocycles. The van der Waals surface area contributed by atoms with Crippen molar-refractivity contribution < 1.29 is 0 Å². The highest BCUT2D eigenvalue weighted by Crippen LogP contribution is 1.63. The number of halogens is 4. The minimum absolute atomic E-state index is 0. The first-order valence-corrected chi connectivity index (χ1v) is 4.21. The van der Waals surface area contributed by atoms with E-state index in [1.807, 2.05) is 0 Å². The fraction of sp³-hybridized carbons (Fsp3) is 0. The Balaban J connectivity index is -0.0000000281. The van der Waals surface area contributed by atoms with Crippen molar-refractivity contribution in [3.8, 4) is 0 Å². The van der Waals surface area contributed by atoms with E-state index in [9.17, 15) is 0 Å². The molecule has 0 aromatic carbocycles. The summed E-state index contributed by atoms with van der Waals surface area (Å²) < 4.78 is 0. The molecule has 0 rings (SSSR count). The molecule has 140 valence electrons. The molecule has 0 radical (unpaired) electrons. The van der Waals surface area contributed by atoms with E-state index in [1.54, 1.807) is 0 Å². The van der Waals surface area contributed by atoms with Crippen molar-refractivity contribution in [2.75, 3.05) is 0 Å². The number of nitrogens with two attached hydrogens (primary N) is 12. The Kier molecular flexibility index (Phi) is 46.7. The second-order valence-corrected chi connectivity index (χ2v) is 2.73. The molecule has 22 heavy (non-hydrogen) atoms. The van der Waals surface area contributed by atoms with Gasteiger partial charge in [0.15, 0.2) is 0 Å². The van der Waals surface area contributed by atoms with Crippen LogP contribution in [0.25, 0.3) is 0 Å². The van der Waals surface area contributed by atoms with Crippen molar-refractivity contribution in [1.82, 2.24) is 0 Å².